The molecule has 0 radical (unpaired) electrons. The third-order valence-electron chi connectivity index (χ3n) is 3.31. The zero-order valence-electron chi connectivity index (χ0n) is 12.8. The van der Waals surface area contributed by atoms with E-state index in [1.807, 2.05) is 43.0 Å². The van der Waals surface area contributed by atoms with Gasteiger partial charge in [0.1, 0.15) is 0 Å². The fourth-order valence-corrected chi connectivity index (χ4v) is 2.47. The number of rotatable bonds is 3. The summed E-state index contributed by atoms with van der Waals surface area (Å²) in [5.41, 5.74) is 1.37. The molecule has 1 amide bonds. The molecule has 1 aliphatic heterocycles. The second kappa shape index (κ2) is 5.83. The molecule has 0 spiro atoms. The highest BCUT2D eigenvalue weighted by atomic mass is 16.5. The minimum Gasteiger partial charge on any atom is -0.382 e. The van der Waals surface area contributed by atoms with E-state index in [0.29, 0.717) is 25.7 Å². The van der Waals surface area contributed by atoms with Gasteiger partial charge < -0.3 is 15.0 Å². The molecule has 0 atom stereocenters. The molecule has 1 aliphatic rings. The minimum absolute atomic E-state index is 0.0742. The molecule has 1 N–H and O–H groups in total. The van der Waals surface area contributed by atoms with Crippen LogP contribution in [0.2, 0.25) is 0 Å². The number of nitrogens with zero attached hydrogens (tertiary/aromatic N) is 1. The van der Waals surface area contributed by atoms with Gasteiger partial charge in [0.15, 0.2) is 0 Å². The summed E-state index contributed by atoms with van der Waals surface area (Å²) >= 11 is 0. The Kier molecular flexibility index (Phi) is 4.33. The largest absolute Gasteiger partial charge is 0.382 e. The number of amides is 1. The summed E-state index contributed by atoms with van der Waals surface area (Å²) in [6.45, 7) is 10.0. The molecule has 0 aromatic heterocycles. The quantitative estimate of drug-likeness (QED) is 0.923. The highest BCUT2D eigenvalue weighted by Crippen LogP contribution is 2.22. The zero-order chi connectivity index (χ0) is 14.8. The molecule has 1 fully saturated rings. The molecule has 4 heteroatoms. The van der Waals surface area contributed by atoms with Gasteiger partial charge in [-0.15, -0.1) is 0 Å². The van der Waals surface area contributed by atoms with Crippen LogP contribution in [0.3, 0.4) is 0 Å². The Morgan fingerprint density at radius 2 is 2.05 bits per heavy atom. The van der Waals surface area contributed by atoms with Crippen LogP contribution in [0.15, 0.2) is 24.3 Å². The molecule has 0 saturated carbocycles. The maximum absolute atomic E-state index is 12.7. The highest BCUT2D eigenvalue weighted by molar-refractivity contribution is 5.99. The number of nitrogens with one attached hydrogen (secondary N) is 1. The molecule has 1 aromatic rings. The Labute approximate surface area is 121 Å². The summed E-state index contributed by atoms with van der Waals surface area (Å²) in [7, 11) is 0. The first-order valence-electron chi connectivity index (χ1n) is 7.18. The lowest BCUT2D eigenvalue weighted by Gasteiger charge is -2.38. The van der Waals surface area contributed by atoms with Gasteiger partial charge in [0.2, 0.25) is 0 Å². The van der Waals surface area contributed by atoms with E-state index in [9.17, 15) is 4.79 Å². The number of carbonyl (C=O) groups is 1. The molecule has 1 heterocycles. The standard InChI is InChI=1S/C16H24N2O2/c1-12(2)17-14-8-6-5-7-13(14)15(19)18-9-10-20-16(3,4)11-18/h5-8,12,17H,9-11H2,1-4H3. The smallest absolute Gasteiger partial charge is 0.256 e. The van der Waals surface area contributed by atoms with Gasteiger partial charge >= 0.3 is 0 Å². The first-order chi connectivity index (χ1) is 9.39. The summed E-state index contributed by atoms with van der Waals surface area (Å²) in [5, 5.41) is 3.34. The van der Waals surface area contributed by atoms with E-state index in [2.05, 4.69) is 19.2 Å². The lowest BCUT2D eigenvalue weighted by atomic mass is 10.1. The van der Waals surface area contributed by atoms with Crippen LogP contribution in [0.1, 0.15) is 38.1 Å². The van der Waals surface area contributed by atoms with Gasteiger partial charge in [0.05, 0.1) is 17.8 Å². The monoisotopic (exact) mass is 276 g/mol. The Balaban J connectivity index is 2.20. The average Bonchev–Trinajstić information content (AvgIpc) is 2.36. The number of carbonyl (C=O) groups excluding carboxylic acids is 1. The van der Waals surface area contributed by atoms with Crippen molar-refractivity contribution in [1.82, 2.24) is 4.90 Å². The maximum Gasteiger partial charge on any atom is 0.256 e. The van der Waals surface area contributed by atoms with Gasteiger partial charge in [-0.25, -0.2) is 0 Å². The Bertz CT molecular complexity index is 483. The predicted octanol–water partition coefficient (Wildman–Crippen LogP) is 2.76. The van der Waals surface area contributed by atoms with Gasteiger partial charge in [0, 0.05) is 24.8 Å². The number of hydrogen-bond acceptors (Lipinski definition) is 3. The van der Waals surface area contributed by atoms with E-state index >= 15 is 0 Å². The van der Waals surface area contributed by atoms with Crippen LogP contribution in [0.5, 0.6) is 0 Å². The zero-order valence-corrected chi connectivity index (χ0v) is 12.8. The first kappa shape index (κ1) is 14.9. The maximum atomic E-state index is 12.7. The third-order valence-corrected chi connectivity index (χ3v) is 3.31. The number of para-hydroxylation sites is 1. The topological polar surface area (TPSA) is 41.6 Å². The van der Waals surface area contributed by atoms with Gasteiger partial charge in [-0.1, -0.05) is 12.1 Å². The van der Waals surface area contributed by atoms with Crippen LogP contribution in [-0.4, -0.2) is 42.1 Å². The number of benzene rings is 1. The fourth-order valence-electron chi connectivity index (χ4n) is 2.47. The molecule has 110 valence electrons. The Morgan fingerprint density at radius 1 is 1.35 bits per heavy atom. The number of hydrogen-bond donors (Lipinski definition) is 1. The molecule has 1 aromatic carbocycles. The molecular formula is C16H24N2O2. The van der Waals surface area contributed by atoms with Gasteiger partial charge in [-0.3, -0.25) is 4.79 Å². The van der Waals surface area contributed by atoms with Crippen molar-refractivity contribution in [3.05, 3.63) is 29.8 Å². The lowest BCUT2D eigenvalue weighted by molar-refractivity contribution is -0.0763. The van der Waals surface area contributed by atoms with Crippen molar-refractivity contribution in [2.75, 3.05) is 25.0 Å². The van der Waals surface area contributed by atoms with Crippen molar-refractivity contribution in [1.29, 1.82) is 0 Å². The second-order valence-corrected chi connectivity index (χ2v) is 6.18. The number of ether oxygens (including phenoxy) is 1. The predicted molar refractivity (Wildman–Crippen MR) is 81.1 cm³/mol. The lowest BCUT2D eigenvalue weighted by Crippen LogP contribution is -2.50. The van der Waals surface area contributed by atoms with E-state index in [1.165, 1.54) is 0 Å². The summed E-state index contributed by atoms with van der Waals surface area (Å²) < 4.78 is 5.67. The summed E-state index contributed by atoms with van der Waals surface area (Å²) in [4.78, 5) is 14.6. The van der Waals surface area contributed by atoms with Crippen molar-refractivity contribution >= 4 is 11.6 Å². The second-order valence-electron chi connectivity index (χ2n) is 6.18. The van der Waals surface area contributed by atoms with Crippen LogP contribution >= 0.6 is 0 Å². The highest BCUT2D eigenvalue weighted by Gasteiger charge is 2.31. The summed E-state index contributed by atoms with van der Waals surface area (Å²) in [5.74, 6) is 0.0742. The van der Waals surface area contributed by atoms with E-state index < -0.39 is 0 Å². The Hall–Kier alpha value is -1.55. The molecule has 0 bridgehead atoms. The molecule has 1 saturated heterocycles. The van der Waals surface area contributed by atoms with E-state index in [4.69, 9.17) is 4.74 Å². The normalized spacial score (nSPS) is 18.1. The van der Waals surface area contributed by atoms with E-state index in [0.717, 1.165) is 11.3 Å². The van der Waals surface area contributed by atoms with Gasteiger partial charge in [0.25, 0.3) is 5.91 Å². The van der Waals surface area contributed by atoms with Crippen LogP contribution < -0.4 is 5.32 Å². The minimum atomic E-state index is -0.270. The van der Waals surface area contributed by atoms with Crippen LogP contribution in [-0.2, 0) is 4.74 Å². The Morgan fingerprint density at radius 3 is 2.70 bits per heavy atom. The molecule has 4 nitrogen and oxygen atoms in total. The molecule has 0 aliphatic carbocycles. The third kappa shape index (κ3) is 3.51. The number of anilines is 1. The van der Waals surface area contributed by atoms with Crippen molar-refractivity contribution in [3.63, 3.8) is 0 Å². The molecule has 2 rings (SSSR count). The van der Waals surface area contributed by atoms with Crippen molar-refractivity contribution < 1.29 is 9.53 Å². The first-order valence-corrected chi connectivity index (χ1v) is 7.18. The fraction of sp³-hybridized carbons (Fsp3) is 0.562. The van der Waals surface area contributed by atoms with Crippen LogP contribution in [0, 0.1) is 0 Å². The van der Waals surface area contributed by atoms with E-state index in [1.54, 1.807) is 0 Å². The van der Waals surface area contributed by atoms with Gasteiger partial charge in [-0.05, 0) is 39.8 Å². The summed E-state index contributed by atoms with van der Waals surface area (Å²) in [6.07, 6.45) is 0. The van der Waals surface area contributed by atoms with E-state index in [-0.39, 0.29) is 11.5 Å². The van der Waals surface area contributed by atoms with Crippen molar-refractivity contribution in [3.8, 4) is 0 Å². The number of morpholine rings is 1. The SMILES string of the molecule is CC(C)Nc1ccccc1C(=O)N1CCOC(C)(C)C1. The van der Waals surface area contributed by atoms with Gasteiger partial charge in [-0.2, -0.15) is 0 Å². The molecule has 20 heavy (non-hydrogen) atoms. The van der Waals surface area contributed by atoms with Crippen LogP contribution in [0.4, 0.5) is 5.69 Å². The van der Waals surface area contributed by atoms with Crippen molar-refractivity contribution in [2.24, 2.45) is 0 Å². The summed E-state index contributed by atoms with van der Waals surface area (Å²) in [6, 6.07) is 7.99. The molecular weight excluding hydrogens is 252 g/mol. The average molecular weight is 276 g/mol. The van der Waals surface area contributed by atoms with Crippen molar-refractivity contribution in [2.45, 2.75) is 39.3 Å². The molecule has 0 unspecified atom stereocenters. The van der Waals surface area contributed by atoms with Crippen LogP contribution in [0.25, 0.3) is 0 Å².